The van der Waals surface area contributed by atoms with Crippen molar-refractivity contribution >= 4 is 26.7 Å². The van der Waals surface area contributed by atoms with Crippen LogP contribution in [0.25, 0.3) is 10.8 Å². The van der Waals surface area contributed by atoms with E-state index >= 15 is 0 Å². The van der Waals surface area contributed by atoms with Crippen LogP contribution in [0.1, 0.15) is 33.1 Å². The minimum Gasteiger partial charge on any atom is -0.353 e. The summed E-state index contributed by atoms with van der Waals surface area (Å²) in [5, 5.41) is 4.88. The Morgan fingerprint density at radius 2 is 1.96 bits per heavy atom. The third-order valence-electron chi connectivity index (χ3n) is 5.11. The molecule has 1 fully saturated rings. The molecule has 2 aromatic rings. The second-order valence-electron chi connectivity index (χ2n) is 7.03. The summed E-state index contributed by atoms with van der Waals surface area (Å²) in [5.41, 5.74) is 0. The van der Waals surface area contributed by atoms with Crippen molar-refractivity contribution in [2.75, 3.05) is 13.1 Å². The summed E-state index contributed by atoms with van der Waals surface area (Å²) in [6.07, 6.45) is 2.29. The van der Waals surface area contributed by atoms with Crippen LogP contribution in [-0.4, -0.2) is 37.8 Å². The van der Waals surface area contributed by atoms with Crippen molar-refractivity contribution in [1.82, 2.24) is 9.62 Å². The van der Waals surface area contributed by atoms with Crippen molar-refractivity contribution in [2.24, 2.45) is 5.92 Å². The number of amides is 1. The zero-order chi connectivity index (χ0) is 18.7. The Kier molecular flexibility index (Phi) is 5.63. The largest absolute Gasteiger partial charge is 0.353 e. The number of carbonyl (C=O) groups excluding carboxylic acids is 1. The van der Waals surface area contributed by atoms with E-state index in [-0.39, 0.29) is 24.4 Å². The summed E-state index contributed by atoms with van der Waals surface area (Å²) < 4.78 is 27.6. The summed E-state index contributed by atoms with van der Waals surface area (Å²) in [7, 11) is -3.60. The fraction of sp³-hybridized carbons (Fsp3) is 0.450. The van der Waals surface area contributed by atoms with Gasteiger partial charge in [-0.1, -0.05) is 37.3 Å². The van der Waals surface area contributed by atoms with Crippen molar-refractivity contribution in [3.05, 3.63) is 42.5 Å². The second-order valence-corrected chi connectivity index (χ2v) is 8.97. The fourth-order valence-electron chi connectivity index (χ4n) is 3.31. The highest BCUT2D eigenvalue weighted by Gasteiger charge is 2.33. The summed E-state index contributed by atoms with van der Waals surface area (Å²) in [5.74, 6) is -0.328. The van der Waals surface area contributed by atoms with Gasteiger partial charge in [0.15, 0.2) is 0 Å². The SMILES string of the molecule is CC[C@@H](C)NC(=O)[C@H]1CCCN(S(=O)(=O)c2ccc3ccccc3c2)C1. The number of nitrogens with zero attached hydrogens (tertiary/aromatic N) is 1. The Morgan fingerprint density at radius 3 is 2.69 bits per heavy atom. The first-order valence-corrected chi connectivity index (χ1v) is 10.6. The Hall–Kier alpha value is -1.92. The van der Waals surface area contributed by atoms with Crippen LogP contribution in [0.3, 0.4) is 0 Å². The van der Waals surface area contributed by atoms with Gasteiger partial charge in [0.1, 0.15) is 0 Å². The number of hydrogen-bond donors (Lipinski definition) is 1. The highest BCUT2D eigenvalue weighted by Crippen LogP contribution is 2.26. The minimum atomic E-state index is -3.60. The van der Waals surface area contributed by atoms with Gasteiger partial charge in [-0.15, -0.1) is 0 Å². The molecule has 1 heterocycles. The van der Waals surface area contributed by atoms with Crippen molar-refractivity contribution < 1.29 is 13.2 Å². The Balaban J connectivity index is 1.80. The molecule has 1 N–H and O–H groups in total. The molecule has 140 valence electrons. The number of sulfonamides is 1. The first-order chi connectivity index (χ1) is 12.4. The zero-order valence-electron chi connectivity index (χ0n) is 15.3. The Morgan fingerprint density at radius 1 is 1.23 bits per heavy atom. The van der Waals surface area contributed by atoms with Crippen molar-refractivity contribution in [3.63, 3.8) is 0 Å². The number of carbonyl (C=O) groups is 1. The number of fused-ring (bicyclic) bond motifs is 1. The van der Waals surface area contributed by atoms with Crippen LogP contribution in [0, 0.1) is 5.92 Å². The lowest BCUT2D eigenvalue weighted by Gasteiger charge is -2.31. The van der Waals surface area contributed by atoms with Crippen LogP contribution in [-0.2, 0) is 14.8 Å². The molecule has 5 nitrogen and oxygen atoms in total. The molecule has 0 aromatic heterocycles. The molecule has 1 aliphatic heterocycles. The van der Waals surface area contributed by atoms with Crippen molar-refractivity contribution in [2.45, 2.75) is 44.0 Å². The molecule has 2 aromatic carbocycles. The molecule has 0 bridgehead atoms. The van der Waals surface area contributed by atoms with E-state index in [1.807, 2.05) is 44.2 Å². The number of benzene rings is 2. The van der Waals surface area contributed by atoms with Gasteiger partial charge < -0.3 is 5.32 Å². The molecule has 2 atom stereocenters. The minimum absolute atomic E-state index is 0.0437. The normalized spacial score (nSPS) is 20.0. The summed E-state index contributed by atoms with van der Waals surface area (Å²) >= 11 is 0. The lowest BCUT2D eigenvalue weighted by molar-refractivity contribution is -0.126. The maximum atomic E-state index is 13.1. The first-order valence-electron chi connectivity index (χ1n) is 9.21. The van der Waals surface area contributed by atoms with Crippen LogP contribution < -0.4 is 5.32 Å². The lowest BCUT2D eigenvalue weighted by Crippen LogP contribution is -2.46. The quantitative estimate of drug-likeness (QED) is 0.874. The summed E-state index contributed by atoms with van der Waals surface area (Å²) in [6, 6.07) is 13.0. The van der Waals surface area contributed by atoms with Gasteiger partial charge in [0.2, 0.25) is 15.9 Å². The molecule has 26 heavy (non-hydrogen) atoms. The van der Waals surface area contributed by atoms with Gasteiger partial charge in [0.05, 0.1) is 10.8 Å². The third-order valence-corrected chi connectivity index (χ3v) is 6.98. The molecule has 1 amide bonds. The highest BCUT2D eigenvalue weighted by atomic mass is 32.2. The maximum absolute atomic E-state index is 13.1. The lowest BCUT2D eigenvalue weighted by atomic mass is 9.98. The van der Waals surface area contributed by atoms with Crippen LogP contribution in [0.15, 0.2) is 47.4 Å². The van der Waals surface area contributed by atoms with Crippen LogP contribution in [0.5, 0.6) is 0 Å². The van der Waals surface area contributed by atoms with E-state index in [0.29, 0.717) is 17.9 Å². The van der Waals surface area contributed by atoms with Gasteiger partial charge in [-0.3, -0.25) is 4.79 Å². The van der Waals surface area contributed by atoms with Crippen LogP contribution >= 0.6 is 0 Å². The van der Waals surface area contributed by atoms with Crippen molar-refractivity contribution in [1.29, 1.82) is 0 Å². The van der Waals surface area contributed by atoms with E-state index in [1.54, 1.807) is 12.1 Å². The Labute approximate surface area is 155 Å². The van der Waals surface area contributed by atoms with Crippen LogP contribution in [0.2, 0.25) is 0 Å². The fourth-order valence-corrected chi connectivity index (χ4v) is 4.87. The van der Waals surface area contributed by atoms with E-state index in [2.05, 4.69) is 5.32 Å². The van der Waals surface area contributed by atoms with Crippen molar-refractivity contribution in [3.8, 4) is 0 Å². The molecular weight excluding hydrogens is 348 g/mol. The van der Waals surface area contributed by atoms with E-state index in [4.69, 9.17) is 0 Å². The molecule has 0 saturated carbocycles. The molecule has 3 rings (SSSR count). The molecule has 0 radical (unpaired) electrons. The standard InChI is InChI=1S/C20H26N2O3S/c1-3-15(2)21-20(23)18-9-6-12-22(14-18)26(24,25)19-11-10-16-7-4-5-8-17(16)13-19/h4-5,7-8,10-11,13,15,18H,3,6,9,12,14H2,1-2H3,(H,21,23)/t15-,18+/m1/s1. The van der Waals surface area contributed by atoms with E-state index in [9.17, 15) is 13.2 Å². The molecule has 6 heteroatoms. The number of rotatable bonds is 5. The maximum Gasteiger partial charge on any atom is 0.243 e. The third kappa shape index (κ3) is 3.91. The summed E-state index contributed by atoms with van der Waals surface area (Å²) in [4.78, 5) is 12.7. The second kappa shape index (κ2) is 7.76. The van der Waals surface area contributed by atoms with E-state index in [1.165, 1.54) is 4.31 Å². The van der Waals surface area contributed by atoms with Crippen LogP contribution in [0.4, 0.5) is 0 Å². The molecule has 0 spiro atoms. The van der Waals surface area contributed by atoms with Gasteiger partial charge in [-0.2, -0.15) is 4.31 Å². The van der Waals surface area contributed by atoms with Gasteiger partial charge in [-0.25, -0.2) is 8.42 Å². The Bertz CT molecular complexity index is 895. The highest BCUT2D eigenvalue weighted by molar-refractivity contribution is 7.89. The zero-order valence-corrected chi connectivity index (χ0v) is 16.1. The van der Waals surface area contributed by atoms with Gasteiger partial charge in [-0.05, 0) is 49.1 Å². The predicted octanol–water partition coefficient (Wildman–Crippen LogP) is 3.16. The van der Waals surface area contributed by atoms with E-state index in [0.717, 1.165) is 23.6 Å². The van der Waals surface area contributed by atoms with E-state index < -0.39 is 10.0 Å². The topological polar surface area (TPSA) is 66.5 Å². The van der Waals surface area contributed by atoms with Gasteiger partial charge in [0, 0.05) is 19.1 Å². The average Bonchev–Trinajstić information content (AvgIpc) is 2.67. The monoisotopic (exact) mass is 374 g/mol. The van der Waals surface area contributed by atoms with Gasteiger partial charge in [0.25, 0.3) is 0 Å². The first kappa shape index (κ1) is 18.9. The molecule has 0 aliphatic carbocycles. The average molecular weight is 375 g/mol. The summed E-state index contributed by atoms with van der Waals surface area (Å²) in [6.45, 7) is 4.69. The molecule has 1 saturated heterocycles. The smallest absolute Gasteiger partial charge is 0.243 e. The molecule has 1 aliphatic rings. The predicted molar refractivity (Wildman–Crippen MR) is 103 cm³/mol. The number of nitrogens with one attached hydrogen (secondary N) is 1. The van der Waals surface area contributed by atoms with Gasteiger partial charge >= 0.3 is 0 Å². The number of piperidine rings is 1. The molecule has 0 unspecified atom stereocenters. The number of hydrogen-bond acceptors (Lipinski definition) is 3. The molecular formula is C20H26N2O3S.